The van der Waals surface area contributed by atoms with E-state index in [1.54, 1.807) is 6.26 Å². The van der Waals surface area contributed by atoms with Gasteiger partial charge in [-0.1, -0.05) is 32.6 Å². The highest BCUT2D eigenvalue weighted by molar-refractivity contribution is 5.00. The van der Waals surface area contributed by atoms with Gasteiger partial charge in [0.1, 0.15) is 5.76 Å². The van der Waals surface area contributed by atoms with Crippen molar-refractivity contribution in [2.24, 2.45) is 0 Å². The fourth-order valence-electron chi connectivity index (χ4n) is 1.84. The van der Waals surface area contributed by atoms with E-state index >= 15 is 0 Å². The lowest BCUT2D eigenvalue weighted by atomic mass is 10.0. The minimum atomic E-state index is 0.563. The van der Waals surface area contributed by atoms with E-state index in [1.807, 2.05) is 13.1 Å². The molecule has 1 heterocycles. The van der Waals surface area contributed by atoms with E-state index in [4.69, 9.17) is 4.42 Å². The first-order chi connectivity index (χ1) is 7.36. The van der Waals surface area contributed by atoms with Gasteiger partial charge in [-0.2, -0.15) is 0 Å². The summed E-state index contributed by atoms with van der Waals surface area (Å²) in [7, 11) is 2.04. The van der Waals surface area contributed by atoms with Crippen LogP contribution in [0.3, 0.4) is 0 Å². The summed E-state index contributed by atoms with van der Waals surface area (Å²) in [6, 6.07) is 4.57. The van der Waals surface area contributed by atoms with Crippen molar-refractivity contribution in [2.75, 3.05) is 7.05 Å². The zero-order valence-corrected chi connectivity index (χ0v) is 9.96. The molecule has 0 radical (unpaired) electrons. The summed E-state index contributed by atoms with van der Waals surface area (Å²) in [5, 5.41) is 3.36. The van der Waals surface area contributed by atoms with Gasteiger partial charge in [-0.3, -0.25) is 0 Å². The smallest absolute Gasteiger partial charge is 0.105 e. The Morgan fingerprint density at radius 1 is 1.33 bits per heavy atom. The summed E-state index contributed by atoms with van der Waals surface area (Å²) < 4.78 is 5.35. The summed E-state index contributed by atoms with van der Waals surface area (Å²) in [5.74, 6) is 1.09. The molecule has 0 aliphatic heterocycles. The molecule has 2 heteroatoms. The number of unbranched alkanes of at least 4 members (excludes halogenated alkanes) is 3. The maximum absolute atomic E-state index is 5.35. The Labute approximate surface area is 93.1 Å². The lowest BCUT2D eigenvalue weighted by Gasteiger charge is -2.14. The molecule has 0 aromatic carbocycles. The van der Waals surface area contributed by atoms with E-state index < -0.39 is 0 Å². The summed E-state index contributed by atoms with van der Waals surface area (Å²) in [6.07, 6.45) is 9.35. The van der Waals surface area contributed by atoms with Crippen LogP contribution in [-0.2, 0) is 6.42 Å². The van der Waals surface area contributed by atoms with Crippen LogP contribution < -0.4 is 5.32 Å². The molecule has 1 aromatic heterocycles. The molecule has 0 fully saturated rings. The second-order valence-corrected chi connectivity index (χ2v) is 4.12. The van der Waals surface area contributed by atoms with Gasteiger partial charge in [0.15, 0.2) is 0 Å². The third kappa shape index (κ3) is 5.03. The largest absolute Gasteiger partial charge is 0.469 e. The SMILES string of the molecule is CCCCCCC(Cc1ccco1)NC. The maximum Gasteiger partial charge on any atom is 0.105 e. The monoisotopic (exact) mass is 209 g/mol. The van der Waals surface area contributed by atoms with Crippen molar-refractivity contribution in [1.29, 1.82) is 0 Å². The van der Waals surface area contributed by atoms with Crippen molar-refractivity contribution in [3.8, 4) is 0 Å². The highest BCUT2D eigenvalue weighted by Crippen LogP contribution is 2.10. The Morgan fingerprint density at radius 2 is 2.20 bits per heavy atom. The van der Waals surface area contributed by atoms with E-state index in [1.165, 1.54) is 32.1 Å². The predicted octanol–water partition coefficient (Wildman–Crippen LogP) is 3.38. The molecule has 0 bridgehead atoms. The van der Waals surface area contributed by atoms with Crippen LogP contribution in [-0.4, -0.2) is 13.1 Å². The van der Waals surface area contributed by atoms with Crippen molar-refractivity contribution in [3.05, 3.63) is 24.2 Å². The van der Waals surface area contributed by atoms with Gasteiger partial charge in [0.2, 0.25) is 0 Å². The molecule has 0 saturated carbocycles. The van der Waals surface area contributed by atoms with E-state index in [0.717, 1.165) is 12.2 Å². The fourth-order valence-corrected chi connectivity index (χ4v) is 1.84. The molecule has 0 aliphatic rings. The van der Waals surface area contributed by atoms with Gasteiger partial charge in [0.25, 0.3) is 0 Å². The van der Waals surface area contributed by atoms with E-state index in [2.05, 4.69) is 18.3 Å². The van der Waals surface area contributed by atoms with Crippen molar-refractivity contribution in [2.45, 2.75) is 51.5 Å². The highest BCUT2D eigenvalue weighted by Gasteiger charge is 2.08. The summed E-state index contributed by atoms with van der Waals surface area (Å²) in [5.41, 5.74) is 0. The Balaban J connectivity index is 2.18. The van der Waals surface area contributed by atoms with Crippen LogP contribution >= 0.6 is 0 Å². The minimum Gasteiger partial charge on any atom is -0.469 e. The Morgan fingerprint density at radius 3 is 2.80 bits per heavy atom. The summed E-state index contributed by atoms with van der Waals surface area (Å²) in [4.78, 5) is 0. The first-order valence-corrected chi connectivity index (χ1v) is 6.06. The van der Waals surface area contributed by atoms with Gasteiger partial charge in [-0.25, -0.2) is 0 Å². The van der Waals surface area contributed by atoms with Crippen LogP contribution in [0.25, 0.3) is 0 Å². The molecule has 1 N–H and O–H groups in total. The summed E-state index contributed by atoms with van der Waals surface area (Å²) >= 11 is 0. The van der Waals surface area contributed by atoms with Gasteiger partial charge in [0.05, 0.1) is 6.26 Å². The van der Waals surface area contributed by atoms with Crippen molar-refractivity contribution in [1.82, 2.24) is 5.32 Å². The van der Waals surface area contributed by atoms with Gasteiger partial charge in [-0.15, -0.1) is 0 Å². The molecule has 0 amide bonds. The first-order valence-electron chi connectivity index (χ1n) is 6.06. The molecule has 2 nitrogen and oxygen atoms in total. The van der Waals surface area contributed by atoms with Gasteiger partial charge >= 0.3 is 0 Å². The highest BCUT2D eigenvalue weighted by atomic mass is 16.3. The lowest BCUT2D eigenvalue weighted by Crippen LogP contribution is -2.27. The zero-order valence-electron chi connectivity index (χ0n) is 9.96. The normalized spacial score (nSPS) is 12.9. The molecule has 0 spiro atoms. The van der Waals surface area contributed by atoms with Crippen molar-refractivity contribution in [3.63, 3.8) is 0 Å². The molecule has 1 unspecified atom stereocenters. The average Bonchev–Trinajstić information content (AvgIpc) is 2.75. The Kier molecular flexibility index (Phi) is 6.17. The van der Waals surface area contributed by atoms with Crippen molar-refractivity contribution >= 4 is 0 Å². The van der Waals surface area contributed by atoms with Crippen LogP contribution in [0.5, 0.6) is 0 Å². The second kappa shape index (κ2) is 7.52. The fraction of sp³-hybridized carbons (Fsp3) is 0.692. The molecule has 0 saturated heterocycles. The molecular formula is C13H23NO. The van der Waals surface area contributed by atoms with Crippen LogP contribution in [0.15, 0.2) is 22.8 Å². The van der Waals surface area contributed by atoms with Gasteiger partial charge in [-0.05, 0) is 25.6 Å². The molecule has 86 valence electrons. The Hall–Kier alpha value is -0.760. The number of nitrogens with one attached hydrogen (secondary N) is 1. The number of hydrogen-bond donors (Lipinski definition) is 1. The van der Waals surface area contributed by atoms with E-state index in [-0.39, 0.29) is 0 Å². The first kappa shape index (κ1) is 12.3. The quantitative estimate of drug-likeness (QED) is 0.664. The zero-order chi connectivity index (χ0) is 10.9. The molecule has 15 heavy (non-hydrogen) atoms. The van der Waals surface area contributed by atoms with Crippen LogP contribution in [0, 0.1) is 0 Å². The number of rotatable bonds is 8. The molecule has 0 aliphatic carbocycles. The van der Waals surface area contributed by atoms with E-state index in [9.17, 15) is 0 Å². The van der Waals surface area contributed by atoms with Crippen molar-refractivity contribution < 1.29 is 4.42 Å². The topological polar surface area (TPSA) is 25.2 Å². The summed E-state index contributed by atoms with van der Waals surface area (Å²) in [6.45, 7) is 2.25. The number of hydrogen-bond acceptors (Lipinski definition) is 2. The minimum absolute atomic E-state index is 0.563. The molecule has 1 atom stereocenters. The third-order valence-electron chi connectivity index (χ3n) is 2.84. The molecule has 1 aromatic rings. The number of likely N-dealkylation sites (N-methyl/N-ethyl adjacent to an activating group) is 1. The predicted molar refractivity (Wildman–Crippen MR) is 64.0 cm³/mol. The van der Waals surface area contributed by atoms with Gasteiger partial charge < -0.3 is 9.73 Å². The molecular weight excluding hydrogens is 186 g/mol. The van der Waals surface area contributed by atoms with E-state index in [0.29, 0.717) is 6.04 Å². The van der Waals surface area contributed by atoms with Crippen LogP contribution in [0.1, 0.15) is 44.8 Å². The average molecular weight is 209 g/mol. The molecule has 1 rings (SSSR count). The second-order valence-electron chi connectivity index (χ2n) is 4.12. The van der Waals surface area contributed by atoms with Crippen LogP contribution in [0.2, 0.25) is 0 Å². The van der Waals surface area contributed by atoms with Crippen LogP contribution in [0.4, 0.5) is 0 Å². The maximum atomic E-state index is 5.35. The lowest BCUT2D eigenvalue weighted by molar-refractivity contribution is 0.430. The third-order valence-corrected chi connectivity index (χ3v) is 2.84. The standard InChI is InChI=1S/C13H23NO/c1-3-4-5-6-8-12(14-2)11-13-9-7-10-15-13/h7,9-10,12,14H,3-6,8,11H2,1-2H3. The van der Waals surface area contributed by atoms with Gasteiger partial charge in [0, 0.05) is 12.5 Å². The Bertz CT molecular complexity index is 231. The number of furan rings is 1.